The Labute approximate surface area is 149 Å². The number of alkyl halides is 3. The van der Waals surface area contributed by atoms with Gasteiger partial charge >= 0.3 is 6.18 Å². The number of aromatic nitrogens is 4. The van der Waals surface area contributed by atoms with Crippen LogP contribution in [0.5, 0.6) is 5.75 Å². The van der Waals surface area contributed by atoms with E-state index in [1.54, 1.807) is 24.3 Å². The molecule has 2 aromatic heterocycles. The van der Waals surface area contributed by atoms with E-state index in [1.807, 2.05) is 30.3 Å². The third-order valence-corrected chi connectivity index (χ3v) is 4.54. The summed E-state index contributed by atoms with van der Waals surface area (Å²) in [5.74, 6) is -0.464. The number of ether oxygens (including phenoxy) is 1. The average molecular weight is 376 g/mol. The van der Waals surface area contributed by atoms with Crippen molar-refractivity contribution in [1.82, 2.24) is 19.8 Å². The number of fused-ring (bicyclic) bond motifs is 1. The number of nitrogens with zero attached hydrogens (tertiary/aromatic N) is 4. The van der Waals surface area contributed by atoms with Crippen molar-refractivity contribution < 1.29 is 17.9 Å². The van der Waals surface area contributed by atoms with Crippen molar-refractivity contribution in [3.05, 3.63) is 66.0 Å². The van der Waals surface area contributed by atoms with Crippen LogP contribution in [0, 0.1) is 0 Å². The first-order chi connectivity index (χ1) is 12.5. The molecule has 2 heterocycles. The molecule has 9 heteroatoms. The standard InChI is InChI=1S/C17H11F3N4OS/c18-17(19,20)15-21-22-16-24(15)23-14(26-16)12-6-8-13(9-7-12)25-10-11-4-2-1-3-5-11/h1-9H,10H2. The molecule has 5 nitrogen and oxygen atoms in total. The number of halogens is 3. The lowest BCUT2D eigenvalue weighted by molar-refractivity contribution is -0.146. The minimum absolute atomic E-state index is 0.0942. The van der Waals surface area contributed by atoms with Gasteiger partial charge in [0.25, 0.3) is 5.82 Å². The van der Waals surface area contributed by atoms with Crippen LogP contribution < -0.4 is 4.74 Å². The van der Waals surface area contributed by atoms with Gasteiger partial charge in [0.05, 0.1) is 0 Å². The highest BCUT2D eigenvalue weighted by Gasteiger charge is 2.38. The predicted molar refractivity (Wildman–Crippen MR) is 89.9 cm³/mol. The van der Waals surface area contributed by atoms with E-state index in [0.29, 0.717) is 22.9 Å². The third kappa shape index (κ3) is 3.25. The molecule has 0 unspecified atom stereocenters. The molecule has 0 aliphatic heterocycles. The van der Waals surface area contributed by atoms with Gasteiger partial charge in [-0.3, -0.25) is 0 Å². The maximum absolute atomic E-state index is 12.9. The minimum atomic E-state index is -4.60. The van der Waals surface area contributed by atoms with Crippen molar-refractivity contribution in [2.45, 2.75) is 12.8 Å². The molecule has 2 aromatic carbocycles. The van der Waals surface area contributed by atoms with Gasteiger partial charge in [-0.25, -0.2) is 0 Å². The quantitative estimate of drug-likeness (QED) is 0.528. The van der Waals surface area contributed by atoms with Crippen molar-refractivity contribution in [3.63, 3.8) is 0 Å². The summed E-state index contributed by atoms with van der Waals surface area (Å²) in [6, 6.07) is 16.7. The number of hydrogen-bond donors (Lipinski definition) is 0. The first kappa shape index (κ1) is 16.5. The zero-order valence-corrected chi connectivity index (χ0v) is 14.0. The van der Waals surface area contributed by atoms with E-state index in [-0.39, 0.29) is 4.96 Å². The van der Waals surface area contributed by atoms with Crippen LogP contribution in [0.3, 0.4) is 0 Å². The van der Waals surface area contributed by atoms with Crippen LogP contribution in [0.25, 0.3) is 15.5 Å². The van der Waals surface area contributed by atoms with Gasteiger partial charge < -0.3 is 4.74 Å². The minimum Gasteiger partial charge on any atom is -0.489 e. The van der Waals surface area contributed by atoms with Crippen LogP contribution in [0.4, 0.5) is 13.2 Å². The molecular formula is C17H11F3N4OS. The maximum Gasteiger partial charge on any atom is 0.453 e. The molecule has 0 spiro atoms. The molecule has 4 rings (SSSR count). The topological polar surface area (TPSA) is 52.3 Å². The Kier molecular flexibility index (Phi) is 4.08. The van der Waals surface area contributed by atoms with Crippen molar-refractivity contribution in [2.24, 2.45) is 0 Å². The van der Waals surface area contributed by atoms with Gasteiger partial charge in [0.15, 0.2) is 0 Å². The van der Waals surface area contributed by atoms with Gasteiger partial charge in [-0.2, -0.15) is 22.8 Å². The van der Waals surface area contributed by atoms with Crippen LogP contribution in [-0.2, 0) is 12.8 Å². The van der Waals surface area contributed by atoms with E-state index in [0.717, 1.165) is 21.4 Å². The van der Waals surface area contributed by atoms with E-state index >= 15 is 0 Å². The molecular weight excluding hydrogens is 365 g/mol. The zero-order chi connectivity index (χ0) is 18.1. The second kappa shape index (κ2) is 6.41. The number of benzene rings is 2. The lowest BCUT2D eigenvalue weighted by atomic mass is 10.2. The normalized spacial score (nSPS) is 11.8. The summed E-state index contributed by atoms with van der Waals surface area (Å²) >= 11 is 1.04. The average Bonchev–Trinajstić information content (AvgIpc) is 3.21. The van der Waals surface area contributed by atoms with Crippen LogP contribution in [-0.4, -0.2) is 19.8 Å². The first-order valence-electron chi connectivity index (χ1n) is 7.57. The van der Waals surface area contributed by atoms with E-state index < -0.39 is 12.0 Å². The largest absolute Gasteiger partial charge is 0.489 e. The van der Waals surface area contributed by atoms with Crippen LogP contribution in [0.2, 0.25) is 0 Å². The fraction of sp³-hybridized carbons (Fsp3) is 0.118. The molecule has 0 atom stereocenters. The monoisotopic (exact) mass is 376 g/mol. The summed E-state index contributed by atoms with van der Waals surface area (Å²) in [4.78, 5) is 0.0942. The Hall–Kier alpha value is -2.94. The van der Waals surface area contributed by atoms with Gasteiger partial charge in [-0.05, 0) is 29.8 Å². The Morgan fingerprint density at radius 1 is 0.962 bits per heavy atom. The van der Waals surface area contributed by atoms with Crippen LogP contribution in [0.1, 0.15) is 11.4 Å². The van der Waals surface area contributed by atoms with E-state index in [2.05, 4.69) is 15.3 Å². The summed E-state index contributed by atoms with van der Waals surface area (Å²) in [5, 5.41) is 11.1. The first-order valence-corrected chi connectivity index (χ1v) is 8.39. The van der Waals surface area contributed by atoms with Crippen molar-refractivity contribution >= 4 is 16.3 Å². The van der Waals surface area contributed by atoms with E-state index in [4.69, 9.17) is 4.74 Å². The molecule has 0 bridgehead atoms. The van der Waals surface area contributed by atoms with Gasteiger partial charge in [0.1, 0.15) is 17.4 Å². The molecule has 0 saturated heterocycles. The van der Waals surface area contributed by atoms with Crippen molar-refractivity contribution in [1.29, 1.82) is 0 Å². The van der Waals surface area contributed by atoms with Crippen molar-refractivity contribution in [2.75, 3.05) is 0 Å². The Morgan fingerprint density at radius 3 is 2.38 bits per heavy atom. The van der Waals surface area contributed by atoms with E-state index in [1.165, 1.54) is 0 Å². The fourth-order valence-electron chi connectivity index (χ4n) is 2.35. The predicted octanol–water partition coefficient (Wildman–Crippen LogP) is 4.45. The molecule has 0 amide bonds. The third-order valence-electron chi connectivity index (χ3n) is 3.59. The summed E-state index contributed by atoms with van der Waals surface area (Å²) in [6.45, 7) is 0.436. The lowest BCUT2D eigenvalue weighted by Crippen LogP contribution is -2.11. The molecule has 4 aromatic rings. The van der Waals surface area contributed by atoms with E-state index in [9.17, 15) is 13.2 Å². The molecule has 0 radical (unpaired) electrons. The Bertz CT molecular complexity index is 1030. The Morgan fingerprint density at radius 2 is 1.69 bits per heavy atom. The molecule has 0 fully saturated rings. The summed E-state index contributed by atoms with van der Waals surface area (Å²) < 4.78 is 45.0. The number of hydrogen-bond acceptors (Lipinski definition) is 5. The summed E-state index contributed by atoms with van der Waals surface area (Å²) in [7, 11) is 0. The SMILES string of the molecule is FC(F)(F)c1nnc2sc(-c3ccc(OCc4ccccc4)cc3)nn12. The van der Waals surface area contributed by atoms with Crippen LogP contribution in [0.15, 0.2) is 54.6 Å². The smallest absolute Gasteiger partial charge is 0.453 e. The van der Waals surface area contributed by atoms with Gasteiger partial charge in [0.2, 0.25) is 4.96 Å². The molecule has 26 heavy (non-hydrogen) atoms. The molecule has 0 saturated carbocycles. The molecule has 0 aliphatic carbocycles. The fourth-order valence-corrected chi connectivity index (χ4v) is 3.19. The summed E-state index contributed by atoms with van der Waals surface area (Å²) in [6.07, 6.45) is -4.60. The highest BCUT2D eigenvalue weighted by atomic mass is 32.1. The second-order valence-electron chi connectivity index (χ2n) is 5.42. The zero-order valence-electron chi connectivity index (χ0n) is 13.1. The Balaban J connectivity index is 1.53. The van der Waals surface area contributed by atoms with Gasteiger partial charge in [-0.15, -0.1) is 10.2 Å². The lowest BCUT2D eigenvalue weighted by Gasteiger charge is -2.06. The maximum atomic E-state index is 12.9. The number of rotatable bonds is 4. The second-order valence-corrected chi connectivity index (χ2v) is 6.38. The summed E-state index contributed by atoms with van der Waals surface area (Å²) in [5.41, 5.74) is 1.73. The van der Waals surface area contributed by atoms with Crippen LogP contribution >= 0.6 is 11.3 Å². The molecule has 0 aliphatic rings. The highest BCUT2D eigenvalue weighted by molar-refractivity contribution is 7.19. The molecule has 132 valence electrons. The van der Waals surface area contributed by atoms with Gasteiger partial charge in [-0.1, -0.05) is 41.7 Å². The molecule has 0 N–H and O–H groups in total. The highest BCUT2D eigenvalue weighted by Crippen LogP contribution is 2.32. The van der Waals surface area contributed by atoms with Crippen molar-refractivity contribution in [3.8, 4) is 16.3 Å². The van der Waals surface area contributed by atoms with Gasteiger partial charge in [0, 0.05) is 5.56 Å².